The number of nitrogens with one attached hydrogen (secondary N) is 1. The third-order valence-corrected chi connectivity index (χ3v) is 6.81. The van der Waals surface area contributed by atoms with Crippen LogP contribution >= 0.6 is 0 Å². The van der Waals surface area contributed by atoms with E-state index < -0.39 is 0 Å². The van der Waals surface area contributed by atoms with Crippen molar-refractivity contribution in [2.24, 2.45) is 11.8 Å². The van der Waals surface area contributed by atoms with Gasteiger partial charge in [0.25, 0.3) is 11.8 Å². The molecule has 36 heavy (non-hydrogen) atoms. The fourth-order valence-electron chi connectivity index (χ4n) is 4.36. The number of carbonyl (C=O) groups excluding carboxylic acids is 3. The van der Waals surface area contributed by atoms with Gasteiger partial charge in [-0.3, -0.25) is 19.4 Å². The maximum absolute atomic E-state index is 13.4. The SMILES string of the molecule is CO[C@H]1CN(C)C(=O)c2ccc(NC(=O)C3CC3)cc2OC[C@@H](C)N(C(=O)c2ccccn2)C[C@@H]1C. The Kier molecular flexibility index (Phi) is 7.88. The van der Waals surface area contributed by atoms with Crippen molar-refractivity contribution in [2.75, 3.05) is 39.2 Å². The summed E-state index contributed by atoms with van der Waals surface area (Å²) in [6, 6.07) is 10.0. The highest BCUT2D eigenvalue weighted by Gasteiger charge is 2.32. The molecular weight excluding hydrogens is 460 g/mol. The lowest BCUT2D eigenvalue weighted by Gasteiger charge is -2.36. The largest absolute Gasteiger partial charge is 0.491 e. The molecule has 0 saturated heterocycles. The van der Waals surface area contributed by atoms with Gasteiger partial charge in [0.05, 0.1) is 17.7 Å². The quantitative estimate of drug-likeness (QED) is 0.701. The second-order valence-electron chi connectivity index (χ2n) is 9.74. The number of aromatic nitrogens is 1. The van der Waals surface area contributed by atoms with E-state index >= 15 is 0 Å². The third kappa shape index (κ3) is 5.84. The number of hydrogen-bond acceptors (Lipinski definition) is 6. The van der Waals surface area contributed by atoms with Crippen molar-refractivity contribution >= 4 is 23.4 Å². The predicted molar refractivity (Wildman–Crippen MR) is 135 cm³/mol. The lowest BCUT2D eigenvalue weighted by atomic mass is 10.0. The Morgan fingerprint density at radius 2 is 1.92 bits per heavy atom. The van der Waals surface area contributed by atoms with Crippen molar-refractivity contribution < 1.29 is 23.9 Å². The summed E-state index contributed by atoms with van der Waals surface area (Å²) in [5, 5.41) is 2.91. The fraction of sp³-hybridized carbons (Fsp3) is 0.481. The molecule has 2 heterocycles. The van der Waals surface area contributed by atoms with Gasteiger partial charge in [0, 0.05) is 57.0 Å². The van der Waals surface area contributed by atoms with Crippen molar-refractivity contribution in [3.05, 3.63) is 53.9 Å². The molecule has 4 rings (SSSR count). The van der Waals surface area contributed by atoms with Gasteiger partial charge in [-0.15, -0.1) is 0 Å². The molecule has 1 aromatic heterocycles. The first kappa shape index (κ1) is 25.6. The molecule has 0 spiro atoms. The molecule has 1 aliphatic heterocycles. The summed E-state index contributed by atoms with van der Waals surface area (Å²) in [5.41, 5.74) is 1.32. The maximum atomic E-state index is 13.4. The number of nitrogens with zero attached hydrogens (tertiary/aromatic N) is 3. The molecule has 9 heteroatoms. The number of fused-ring (bicyclic) bond motifs is 1. The van der Waals surface area contributed by atoms with Gasteiger partial charge in [-0.05, 0) is 44.0 Å². The molecule has 1 saturated carbocycles. The van der Waals surface area contributed by atoms with E-state index in [4.69, 9.17) is 9.47 Å². The molecule has 1 N–H and O–H groups in total. The number of hydrogen-bond donors (Lipinski definition) is 1. The third-order valence-electron chi connectivity index (χ3n) is 6.81. The number of pyridine rings is 1. The number of carbonyl (C=O) groups is 3. The molecule has 2 aromatic rings. The van der Waals surface area contributed by atoms with Crippen LogP contribution in [-0.4, -0.2) is 78.5 Å². The molecular formula is C27H34N4O5. The highest BCUT2D eigenvalue weighted by molar-refractivity contribution is 5.99. The second kappa shape index (κ2) is 11.1. The van der Waals surface area contributed by atoms with Crippen LogP contribution in [0.2, 0.25) is 0 Å². The Hall–Kier alpha value is -3.46. The van der Waals surface area contributed by atoms with Crippen LogP contribution < -0.4 is 10.1 Å². The number of anilines is 1. The smallest absolute Gasteiger partial charge is 0.272 e. The Bertz CT molecular complexity index is 1100. The molecule has 0 bridgehead atoms. The summed E-state index contributed by atoms with van der Waals surface area (Å²) in [6.07, 6.45) is 3.10. The molecule has 3 amide bonds. The fourth-order valence-corrected chi connectivity index (χ4v) is 4.36. The monoisotopic (exact) mass is 494 g/mol. The Morgan fingerprint density at radius 3 is 2.58 bits per heavy atom. The van der Waals surface area contributed by atoms with Crippen LogP contribution in [0.3, 0.4) is 0 Å². The summed E-state index contributed by atoms with van der Waals surface area (Å²) < 4.78 is 11.9. The average molecular weight is 495 g/mol. The van der Waals surface area contributed by atoms with E-state index in [9.17, 15) is 14.4 Å². The summed E-state index contributed by atoms with van der Waals surface area (Å²) in [5.74, 6) is -0.0586. The molecule has 1 aromatic carbocycles. The lowest BCUT2D eigenvalue weighted by molar-refractivity contribution is -0.117. The molecule has 0 unspecified atom stereocenters. The minimum atomic E-state index is -0.315. The highest BCUT2D eigenvalue weighted by Crippen LogP contribution is 2.32. The summed E-state index contributed by atoms with van der Waals surface area (Å²) in [6.45, 7) is 4.83. The number of methoxy groups -OCH3 is 1. The van der Waals surface area contributed by atoms with Gasteiger partial charge in [0.2, 0.25) is 5.91 Å². The lowest BCUT2D eigenvalue weighted by Crippen LogP contribution is -2.48. The van der Waals surface area contributed by atoms with Crippen LogP contribution in [0.4, 0.5) is 5.69 Å². The van der Waals surface area contributed by atoms with Gasteiger partial charge < -0.3 is 24.6 Å². The van der Waals surface area contributed by atoms with E-state index in [1.807, 2.05) is 13.8 Å². The molecule has 1 fully saturated rings. The Morgan fingerprint density at radius 1 is 1.14 bits per heavy atom. The first-order valence-electron chi connectivity index (χ1n) is 12.4. The van der Waals surface area contributed by atoms with Crippen LogP contribution in [0, 0.1) is 11.8 Å². The first-order valence-corrected chi connectivity index (χ1v) is 12.4. The number of likely N-dealkylation sites (N-methyl/N-ethyl adjacent to an activating group) is 1. The van der Waals surface area contributed by atoms with E-state index in [0.717, 1.165) is 12.8 Å². The average Bonchev–Trinajstić information content (AvgIpc) is 3.74. The van der Waals surface area contributed by atoms with Crippen molar-refractivity contribution in [1.82, 2.24) is 14.8 Å². The predicted octanol–water partition coefficient (Wildman–Crippen LogP) is 3.08. The minimum Gasteiger partial charge on any atom is -0.491 e. The van der Waals surface area contributed by atoms with Crippen molar-refractivity contribution in [1.29, 1.82) is 0 Å². The number of rotatable bonds is 4. The van der Waals surface area contributed by atoms with Gasteiger partial charge in [-0.25, -0.2) is 0 Å². The molecule has 3 atom stereocenters. The molecule has 192 valence electrons. The summed E-state index contributed by atoms with van der Waals surface area (Å²) in [4.78, 5) is 46.6. The Labute approximate surface area is 211 Å². The van der Waals surface area contributed by atoms with Gasteiger partial charge in [0.15, 0.2) is 0 Å². The van der Waals surface area contributed by atoms with E-state index in [2.05, 4.69) is 10.3 Å². The first-order chi connectivity index (χ1) is 17.3. The standard InChI is InChI=1S/C27H34N4O5/c1-17-14-31(27(34)22-7-5-6-12-28-22)18(2)16-36-23-13-20(29-25(32)19-8-9-19)10-11-21(23)26(33)30(3)15-24(17)35-4/h5-7,10-13,17-19,24H,8-9,14-16H2,1-4H3,(H,29,32)/t17-,18+,24-/m0/s1. The van der Waals surface area contributed by atoms with Crippen LogP contribution in [0.15, 0.2) is 42.6 Å². The van der Waals surface area contributed by atoms with Crippen molar-refractivity contribution in [3.63, 3.8) is 0 Å². The highest BCUT2D eigenvalue weighted by atomic mass is 16.5. The number of amides is 3. The molecule has 1 aliphatic carbocycles. The van der Waals surface area contributed by atoms with Crippen LogP contribution in [0.1, 0.15) is 47.5 Å². The van der Waals surface area contributed by atoms with Gasteiger partial charge in [-0.2, -0.15) is 0 Å². The minimum absolute atomic E-state index is 0.0241. The normalized spacial score (nSPS) is 23.1. The topological polar surface area (TPSA) is 101 Å². The van der Waals surface area contributed by atoms with Crippen molar-refractivity contribution in [3.8, 4) is 5.75 Å². The van der Waals surface area contributed by atoms with E-state index in [1.54, 1.807) is 66.6 Å². The summed E-state index contributed by atoms with van der Waals surface area (Å²) in [7, 11) is 3.34. The number of ether oxygens (including phenoxy) is 2. The van der Waals surface area contributed by atoms with E-state index in [-0.39, 0.29) is 48.3 Å². The van der Waals surface area contributed by atoms with E-state index in [0.29, 0.717) is 35.8 Å². The zero-order valence-corrected chi connectivity index (χ0v) is 21.3. The Balaban J connectivity index is 1.66. The van der Waals surface area contributed by atoms with Crippen LogP contribution in [0.25, 0.3) is 0 Å². The van der Waals surface area contributed by atoms with Crippen molar-refractivity contribution in [2.45, 2.75) is 38.8 Å². The molecule has 0 radical (unpaired) electrons. The summed E-state index contributed by atoms with van der Waals surface area (Å²) >= 11 is 0. The van der Waals surface area contributed by atoms with Crippen LogP contribution in [-0.2, 0) is 9.53 Å². The molecule has 9 nitrogen and oxygen atoms in total. The zero-order chi connectivity index (χ0) is 25.8. The van der Waals surface area contributed by atoms with Gasteiger partial charge in [-0.1, -0.05) is 13.0 Å². The van der Waals surface area contributed by atoms with Gasteiger partial charge in [0.1, 0.15) is 18.1 Å². The second-order valence-corrected chi connectivity index (χ2v) is 9.74. The van der Waals surface area contributed by atoms with Crippen LogP contribution in [0.5, 0.6) is 5.75 Å². The number of benzene rings is 1. The van der Waals surface area contributed by atoms with Gasteiger partial charge >= 0.3 is 0 Å². The van der Waals surface area contributed by atoms with E-state index in [1.165, 1.54) is 0 Å². The maximum Gasteiger partial charge on any atom is 0.272 e. The zero-order valence-electron chi connectivity index (χ0n) is 21.3. The molecule has 2 aliphatic rings.